The summed E-state index contributed by atoms with van der Waals surface area (Å²) in [5, 5.41) is 5.86. The lowest BCUT2D eigenvalue weighted by atomic mass is 10.1. The molecule has 3 aromatic rings. The minimum absolute atomic E-state index is 0.0566. The Kier molecular flexibility index (Phi) is 5.08. The molecule has 0 radical (unpaired) electrons. The predicted molar refractivity (Wildman–Crippen MR) is 91.6 cm³/mol. The van der Waals surface area contributed by atoms with Gasteiger partial charge in [0.2, 0.25) is 0 Å². The van der Waals surface area contributed by atoms with Crippen LogP contribution in [0, 0.1) is 0 Å². The van der Waals surface area contributed by atoms with Crippen LogP contribution in [0.3, 0.4) is 0 Å². The molecule has 0 bridgehead atoms. The highest BCUT2D eigenvalue weighted by Gasteiger charge is 2.09. The van der Waals surface area contributed by atoms with Crippen LogP contribution < -0.4 is 4.74 Å². The van der Waals surface area contributed by atoms with Crippen LogP contribution in [0.2, 0.25) is 0 Å². The highest BCUT2D eigenvalue weighted by molar-refractivity contribution is 7.10. The summed E-state index contributed by atoms with van der Waals surface area (Å²) >= 11 is 1.55. The molecule has 0 fully saturated rings. The normalized spacial score (nSPS) is 10.9. The molecule has 0 N–H and O–H groups in total. The summed E-state index contributed by atoms with van der Waals surface area (Å²) in [4.78, 5) is 12.7. The zero-order chi connectivity index (χ0) is 16.8. The molecule has 0 aliphatic rings. The fourth-order valence-electron chi connectivity index (χ4n) is 2.02. The average molecular weight is 341 g/mol. The minimum Gasteiger partial charge on any atom is -0.497 e. The smallest absolute Gasteiger partial charge is 0.331 e. The van der Waals surface area contributed by atoms with E-state index in [0.29, 0.717) is 11.5 Å². The third-order valence-corrected chi connectivity index (χ3v) is 4.04. The molecule has 0 amide bonds. The molecule has 0 saturated heterocycles. The van der Waals surface area contributed by atoms with Crippen molar-refractivity contribution in [2.45, 2.75) is 6.61 Å². The Hall–Kier alpha value is -2.86. The summed E-state index contributed by atoms with van der Waals surface area (Å²) in [6, 6.07) is 13.0. The number of ether oxygens (including phenoxy) is 2. The molecule has 5 nitrogen and oxygen atoms in total. The first-order chi connectivity index (χ1) is 11.7. The SMILES string of the molecule is COc1cccc(-c2cc(COC(=O)/C=C/c3cccs3)no2)c1. The first kappa shape index (κ1) is 16.0. The van der Waals surface area contributed by atoms with Gasteiger partial charge in [0.25, 0.3) is 0 Å². The summed E-state index contributed by atoms with van der Waals surface area (Å²) < 4.78 is 15.6. The Morgan fingerprint density at radius 1 is 1.29 bits per heavy atom. The van der Waals surface area contributed by atoms with Crippen LogP contribution in [-0.4, -0.2) is 18.2 Å². The van der Waals surface area contributed by atoms with Crippen LogP contribution in [0.4, 0.5) is 0 Å². The molecule has 3 rings (SSSR count). The van der Waals surface area contributed by atoms with Gasteiger partial charge >= 0.3 is 5.97 Å². The highest BCUT2D eigenvalue weighted by Crippen LogP contribution is 2.24. The fourth-order valence-corrected chi connectivity index (χ4v) is 2.64. The van der Waals surface area contributed by atoms with Gasteiger partial charge in [-0.1, -0.05) is 23.4 Å². The number of hydrogen-bond acceptors (Lipinski definition) is 6. The van der Waals surface area contributed by atoms with Crippen LogP contribution in [0.1, 0.15) is 10.6 Å². The number of methoxy groups -OCH3 is 1. The summed E-state index contributed by atoms with van der Waals surface area (Å²) in [6.07, 6.45) is 3.12. The molecule has 2 heterocycles. The molecule has 0 spiro atoms. The molecule has 0 unspecified atom stereocenters. The molecular weight excluding hydrogens is 326 g/mol. The number of hydrogen-bond donors (Lipinski definition) is 0. The second kappa shape index (κ2) is 7.61. The number of carbonyl (C=O) groups excluding carboxylic acids is 1. The van der Waals surface area contributed by atoms with Gasteiger partial charge in [0, 0.05) is 22.6 Å². The van der Waals surface area contributed by atoms with E-state index in [1.54, 1.807) is 30.6 Å². The molecule has 1 aromatic carbocycles. The van der Waals surface area contributed by atoms with E-state index in [4.69, 9.17) is 14.0 Å². The Morgan fingerprint density at radius 3 is 3.00 bits per heavy atom. The van der Waals surface area contributed by atoms with Gasteiger partial charge < -0.3 is 14.0 Å². The van der Waals surface area contributed by atoms with Crippen molar-refractivity contribution >= 4 is 23.4 Å². The number of aromatic nitrogens is 1. The van der Waals surface area contributed by atoms with E-state index in [-0.39, 0.29) is 6.61 Å². The third-order valence-electron chi connectivity index (χ3n) is 3.20. The number of rotatable bonds is 6. The second-order valence-electron chi connectivity index (χ2n) is 4.87. The van der Waals surface area contributed by atoms with E-state index in [2.05, 4.69) is 5.16 Å². The van der Waals surface area contributed by atoms with Gasteiger partial charge in [0.05, 0.1) is 7.11 Å². The summed E-state index contributed by atoms with van der Waals surface area (Å²) in [7, 11) is 1.61. The molecule has 0 aliphatic carbocycles. The molecule has 0 saturated carbocycles. The Bertz CT molecular complexity index is 836. The van der Waals surface area contributed by atoms with Crippen LogP contribution in [0.15, 0.2) is 58.4 Å². The highest BCUT2D eigenvalue weighted by atomic mass is 32.1. The molecule has 2 aromatic heterocycles. The van der Waals surface area contributed by atoms with E-state index in [1.165, 1.54) is 6.08 Å². The maximum atomic E-state index is 11.7. The quantitative estimate of drug-likeness (QED) is 0.497. The Balaban J connectivity index is 1.58. The van der Waals surface area contributed by atoms with Gasteiger partial charge in [-0.2, -0.15) is 0 Å². The molecule has 122 valence electrons. The number of esters is 1. The second-order valence-corrected chi connectivity index (χ2v) is 5.85. The van der Waals surface area contributed by atoms with Gasteiger partial charge in [0.1, 0.15) is 18.1 Å². The van der Waals surface area contributed by atoms with Crippen molar-refractivity contribution in [3.05, 3.63) is 64.5 Å². The lowest BCUT2D eigenvalue weighted by molar-refractivity contribution is -0.139. The van der Waals surface area contributed by atoms with Crippen LogP contribution in [-0.2, 0) is 16.1 Å². The van der Waals surface area contributed by atoms with Crippen molar-refractivity contribution in [2.24, 2.45) is 0 Å². The Labute approximate surface area is 143 Å². The summed E-state index contributed by atoms with van der Waals surface area (Å²) in [5.74, 6) is 0.902. The fraction of sp³-hybridized carbons (Fsp3) is 0.111. The maximum absolute atomic E-state index is 11.7. The number of nitrogens with zero attached hydrogens (tertiary/aromatic N) is 1. The topological polar surface area (TPSA) is 61.6 Å². The first-order valence-corrected chi connectivity index (χ1v) is 8.11. The largest absolute Gasteiger partial charge is 0.497 e. The molecular formula is C18H15NO4S. The average Bonchev–Trinajstić information content (AvgIpc) is 3.30. The first-order valence-electron chi connectivity index (χ1n) is 7.23. The summed E-state index contributed by atoms with van der Waals surface area (Å²) in [5.41, 5.74) is 1.39. The molecule has 6 heteroatoms. The van der Waals surface area contributed by atoms with Crippen molar-refractivity contribution in [3.8, 4) is 17.1 Å². The standard InChI is InChI=1S/C18H15NO4S/c1-21-15-5-2-4-13(10-15)17-11-14(19-23-17)12-22-18(20)8-7-16-6-3-9-24-16/h2-11H,12H2,1H3/b8-7+. The van der Waals surface area contributed by atoms with E-state index >= 15 is 0 Å². The lowest BCUT2D eigenvalue weighted by Gasteiger charge is -2.00. The molecule has 0 aliphatic heterocycles. The summed E-state index contributed by atoms with van der Waals surface area (Å²) in [6.45, 7) is 0.0566. The zero-order valence-electron chi connectivity index (χ0n) is 13.0. The monoisotopic (exact) mass is 341 g/mol. The van der Waals surface area contributed by atoms with Gasteiger partial charge in [-0.3, -0.25) is 0 Å². The van der Waals surface area contributed by atoms with Crippen LogP contribution in [0.25, 0.3) is 17.4 Å². The lowest BCUT2D eigenvalue weighted by Crippen LogP contribution is -2.00. The van der Waals surface area contributed by atoms with E-state index in [9.17, 15) is 4.79 Å². The predicted octanol–water partition coefficient (Wildman–Crippen LogP) is 4.17. The van der Waals surface area contributed by atoms with Gasteiger partial charge in [-0.25, -0.2) is 4.79 Å². The van der Waals surface area contributed by atoms with Gasteiger partial charge in [-0.15, -0.1) is 11.3 Å². The van der Waals surface area contributed by atoms with Crippen LogP contribution in [0.5, 0.6) is 5.75 Å². The number of thiophene rings is 1. The number of carbonyl (C=O) groups is 1. The zero-order valence-corrected chi connectivity index (χ0v) is 13.8. The van der Waals surface area contributed by atoms with Gasteiger partial charge in [0.15, 0.2) is 5.76 Å². The Morgan fingerprint density at radius 2 is 2.21 bits per heavy atom. The van der Waals surface area contributed by atoms with E-state index in [1.807, 2.05) is 41.8 Å². The molecule has 24 heavy (non-hydrogen) atoms. The van der Waals surface area contributed by atoms with Crippen molar-refractivity contribution < 1.29 is 18.8 Å². The van der Waals surface area contributed by atoms with Crippen LogP contribution >= 0.6 is 11.3 Å². The van der Waals surface area contributed by atoms with E-state index in [0.717, 1.165) is 16.2 Å². The van der Waals surface area contributed by atoms with Crippen molar-refractivity contribution in [1.29, 1.82) is 0 Å². The number of benzene rings is 1. The minimum atomic E-state index is -0.422. The molecule has 0 atom stereocenters. The van der Waals surface area contributed by atoms with Crippen molar-refractivity contribution in [2.75, 3.05) is 7.11 Å². The van der Waals surface area contributed by atoms with Gasteiger partial charge in [-0.05, 0) is 29.7 Å². The van der Waals surface area contributed by atoms with Crippen molar-refractivity contribution in [3.63, 3.8) is 0 Å². The van der Waals surface area contributed by atoms with E-state index < -0.39 is 5.97 Å². The van der Waals surface area contributed by atoms with Crippen molar-refractivity contribution in [1.82, 2.24) is 5.16 Å². The maximum Gasteiger partial charge on any atom is 0.331 e. The third kappa shape index (κ3) is 4.11.